The van der Waals surface area contributed by atoms with E-state index in [0.717, 1.165) is 0 Å². The van der Waals surface area contributed by atoms with E-state index in [-0.39, 0.29) is 11.7 Å². The molecule has 3 N–H and O–H groups in total. The third-order valence-electron chi connectivity index (χ3n) is 5.49. The van der Waals surface area contributed by atoms with Crippen LogP contribution in [0, 0.1) is 0 Å². The first-order valence-corrected chi connectivity index (χ1v) is 11.2. The molecule has 1 aliphatic rings. The van der Waals surface area contributed by atoms with Gasteiger partial charge < -0.3 is 15.7 Å². The van der Waals surface area contributed by atoms with Gasteiger partial charge in [-0.3, -0.25) is 4.79 Å². The van der Waals surface area contributed by atoms with Crippen LogP contribution in [-0.2, 0) is 4.79 Å². The zero-order chi connectivity index (χ0) is 23.8. The fraction of sp³-hybridized carbons (Fsp3) is 0.0800. The van der Waals surface area contributed by atoms with Crippen LogP contribution in [0.4, 0.5) is 11.6 Å². The number of halogens is 2. The number of hydrogen-bond acceptors (Lipinski definition) is 5. The van der Waals surface area contributed by atoms with Crippen LogP contribution < -0.4 is 10.6 Å². The third-order valence-corrected chi connectivity index (χ3v) is 6.05. The van der Waals surface area contributed by atoms with Crippen molar-refractivity contribution < 1.29 is 9.90 Å². The van der Waals surface area contributed by atoms with Gasteiger partial charge in [0.25, 0.3) is 5.91 Å². The Kier molecular flexibility index (Phi) is 5.73. The molecule has 5 rings (SSSR count). The topological polar surface area (TPSA) is 92.1 Å². The summed E-state index contributed by atoms with van der Waals surface area (Å²) in [4.78, 5) is 18.1. The average molecular weight is 492 g/mol. The average Bonchev–Trinajstić information content (AvgIpc) is 3.23. The predicted molar refractivity (Wildman–Crippen MR) is 133 cm³/mol. The Bertz CT molecular complexity index is 1430. The molecule has 4 aromatic rings. The van der Waals surface area contributed by atoms with Crippen molar-refractivity contribution in [2.24, 2.45) is 0 Å². The van der Waals surface area contributed by atoms with E-state index >= 15 is 0 Å². The van der Waals surface area contributed by atoms with Crippen LogP contribution in [0.15, 0.2) is 84.1 Å². The zero-order valence-corrected chi connectivity index (χ0v) is 19.5. The molecule has 0 aliphatic carbocycles. The van der Waals surface area contributed by atoms with Crippen LogP contribution in [0.5, 0.6) is 5.75 Å². The Morgan fingerprint density at radius 3 is 2.59 bits per heavy atom. The summed E-state index contributed by atoms with van der Waals surface area (Å²) in [7, 11) is 0. The van der Waals surface area contributed by atoms with Crippen molar-refractivity contribution in [3.8, 4) is 17.1 Å². The van der Waals surface area contributed by atoms with Crippen LogP contribution in [0.2, 0.25) is 10.0 Å². The fourth-order valence-electron chi connectivity index (χ4n) is 3.94. The van der Waals surface area contributed by atoms with Gasteiger partial charge in [-0.25, -0.2) is 4.68 Å². The summed E-state index contributed by atoms with van der Waals surface area (Å²) in [6.45, 7) is 1.81. The van der Waals surface area contributed by atoms with Gasteiger partial charge in [0.15, 0.2) is 5.82 Å². The smallest absolute Gasteiger partial charge is 0.255 e. The van der Waals surface area contributed by atoms with Gasteiger partial charge in [-0.05, 0) is 43.3 Å². The van der Waals surface area contributed by atoms with Gasteiger partial charge >= 0.3 is 0 Å². The largest absolute Gasteiger partial charge is 0.508 e. The highest BCUT2D eigenvalue weighted by Crippen LogP contribution is 2.40. The summed E-state index contributed by atoms with van der Waals surface area (Å²) in [5.74, 6) is 0.647. The maximum absolute atomic E-state index is 13.5. The van der Waals surface area contributed by atoms with Crippen LogP contribution in [0.25, 0.3) is 11.4 Å². The van der Waals surface area contributed by atoms with E-state index in [2.05, 4.69) is 20.7 Å². The molecule has 0 saturated heterocycles. The first kappa shape index (κ1) is 22.0. The number of aromatic hydroxyl groups is 1. The summed E-state index contributed by atoms with van der Waals surface area (Å²) in [5.41, 5.74) is 3.01. The number of nitrogens with one attached hydrogen (secondary N) is 2. The number of aromatic nitrogens is 3. The Labute approximate surface area is 205 Å². The molecule has 0 bridgehead atoms. The minimum Gasteiger partial charge on any atom is -0.508 e. The second-order valence-electron chi connectivity index (χ2n) is 7.81. The van der Waals surface area contributed by atoms with Gasteiger partial charge in [-0.1, -0.05) is 59.6 Å². The van der Waals surface area contributed by atoms with E-state index in [0.29, 0.717) is 49.9 Å². The molecule has 1 unspecified atom stereocenters. The molecule has 0 radical (unpaired) electrons. The number of nitrogens with zero attached hydrogens (tertiary/aromatic N) is 3. The number of para-hydroxylation sites is 1. The Hall–Kier alpha value is -3.81. The van der Waals surface area contributed by atoms with Crippen molar-refractivity contribution in [3.05, 3.63) is 99.7 Å². The summed E-state index contributed by atoms with van der Waals surface area (Å²) >= 11 is 12.7. The number of hydrogen-bond donors (Lipinski definition) is 3. The monoisotopic (exact) mass is 491 g/mol. The Morgan fingerprint density at radius 2 is 1.85 bits per heavy atom. The number of phenolic OH excluding ortho intramolecular Hbond substituents is 1. The molecule has 9 heteroatoms. The lowest BCUT2D eigenvalue weighted by Gasteiger charge is -2.29. The van der Waals surface area contributed by atoms with E-state index in [9.17, 15) is 9.90 Å². The van der Waals surface area contributed by atoms with Crippen molar-refractivity contribution in [1.82, 2.24) is 14.8 Å². The van der Waals surface area contributed by atoms with Gasteiger partial charge in [-0.2, -0.15) is 4.98 Å². The van der Waals surface area contributed by atoms with Crippen molar-refractivity contribution in [2.45, 2.75) is 13.0 Å². The fourth-order valence-corrected chi connectivity index (χ4v) is 4.45. The minimum atomic E-state index is -0.664. The predicted octanol–water partition coefficient (Wildman–Crippen LogP) is 5.89. The van der Waals surface area contributed by atoms with Gasteiger partial charge in [-0.15, -0.1) is 5.10 Å². The molecule has 0 fully saturated rings. The van der Waals surface area contributed by atoms with Crippen LogP contribution >= 0.6 is 23.2 Å². The Morgan fingerprint density at radius 1 is 1.06 bits per heavy atom. The molecule has 1 atom stereocenters. The van der Waals surface area contributed by atoms with E-state index in [1.165, 1.54) is 0 Å². The van der Waals surface area contributed by atoms with E-state index in [1.54, 1.807) is 47.1 Å². The molecule has 0 spiro atoms. The standard InChI is InChI=1S/C25H19Cl2N5O2/c1-14-21(24(34)29-17-7-3-2-4-8-17)22(19-11-10-16(26)13-20(19)27)32-25(28-14)30-23(31-32)15-6-5-9-18(33)12-15/h2-13,22,33H,1H3,(H,29,34)(H,28,30,31). The van der Waals surface area contributed by atoms with Gasteiger partial charge in [0.05, 0.1) is 5.57 Å². The normalized spacial score (nSPS) is 15.0. The Balaban J connectivity index is 1.64. The summed E-state index contributed by atoms with van der Waals surface area (Å²) in [6.07, 6.45) is 0. The maximum atomic E-state index is 13.5. The van der Waals surface area contributed by atoms with Crippen LogP contribution in [0.1, 0.15) is 18.5 Å². The number of amides is 1. The van der Waals surface area contributed by atoms with E-state index < -0.39 is 6.04 Å². The summed E-state index contributed by atoms with van der Waals surface area (Å²) < 4.78 is 1.63. The summed E-state index contributed by atoms with van der Waals surface area (Å²) in [5, 5.41) is 21.6. The van der Waals surface area contributed by atoms with Crippen molar-refractivity contribution in [2.75, 3.05) is 10.6 Å². The molecule has 3 aromatic carbocycles. The lowest BCUT2D eigenvalue weighted by atomic mass is 9.95. The number of carbonyl (C=O) groups is 1. The molecule has 2 heterocycles. The molecule has 1 aromatic heterocycles. The quantitative estimate of drug-likeness (QED) is 0.331. The number of allylic oxidation sites excluding steroid dienone is 1. The number of fused-ring (bicyclic) bond motifs is 1. The second kappa shape index (κ2) is 8.85. The third kappa shape index (κ3) is 4.11. The molecule has 34 heavy (non-hydrogen) atoms. The highest BCUT2D eigenvalue weighted by atomic mass is 35.5. The highest BCUT2D eigenvalue weighted by Gasteiger charge is 2.35. The van der Waals surface area contributed by atoms with Gasteiger partial charge in [0.2, 0.25) is 5.95 Å². The van der Waals surface area contributed by atoms with E-state index in [4.69, 9.17) is 23.2 Å². The number of rotatable bonds is 4. The number of phenols is 1. The SMILES string of the molecule is CC1=C(C(=O)Nc2ccccc2)C(c2ccc(Cl)cc2Cl)n2nc(-c3cccc(O)c3)nc2N1. The highest BCUT2D eigenvalue weighted by molar-refractivity contribution is 6.35. The first-order chi connectivity index (χ1) is 16.4. The van der Waals surface area contributed by atoms with Gasteiger partial charge in [0, 0.05) is 32.6 Å². The van der Waals surface area contributed by atoms with Gasteiger partial charge in [0.1, 0.15) is 11.8 Å². The number of benzene rings is 3. The number of carbonyl (C=O) groups excluding carboxylic acids is 1. The molecule has 1 aliphatic heterocycles. The van der Waals surface area contributed by atoms with E-state index in [1.807, 2.05) is 37.3 Å². The second-order valence-corrected chi connectivity index (χ2v) is 8.65. The molecule has 170 valence electrons. The van der Waals surface area contributed by atoms with Crippen molar-refractivity contribution >= 4 is 40.7 Å². The zero-order valence-electron chi connectivity index (χ0n) is 18.0. The van der Waals surface area contributed by atoms with Crippen LogP contribution in [-0.4, -0.2) is 25.8 Å². The molecular weight excluding hydrogens is 473 g/mol. The van der Waals surface area contributed by atoms with Crippen LogP contribution in [0.3, 0.4) is 0 Å². The van der Waals surface area contributed by atoms with Crippen molar-refractivity contribution in [3.63, 3.8) is 0 Å². The maximum Gasteiger partial charge on any atom is 0.255 e. The molecule has 1 amide bonds. The lowest BCUT2D eigenvalue weighted by Crippen LogP contribution is -2.31. The molecular formula is C25H19Cl2N5O2. The number of anilines is 2. The molecule has 0 saturated carbocycles. The lowest BCUT2D eigenvalue weighted by molar-refractivity contribution is -0.113. The minimum absolute atomic E-state index is 0.104. The summed E-state index contributed by atoms with van der Waals surface area (Å²) in [6, 6.07) is 20.3. The molecule has 7 nitrogen and oxygen atoms in total. The van der Waals surface area contributed by atoms with Crippen molar-refractivity contribution in [1.29, 1.82) is 0 Å². The first-order valence-electron chi connectivity index (χ1n) is 10.5.